The van der Waals surface area contributed by atoms with Crippen molar-refractivity contribution < 1.29 is 4.79 Å². The van der Waals surface area contributed by atoms with Crippen LogP contribution in [0.2, 0.25) is 5.02 Å². The average Bonchev–Trinajstić information content (AvgIpc) is 2.76. The summed E-state index contributed by atoms with van der Waals surface area (Å²) in [5.74, 6) is 0.201. The van der Waals surface area contributed by atoms with Crippen LogP contribution in [0.5, 0.6) is 0 Å². The molecule has 1 amide bonds. The number of carbonyl (C=O) groups excluding carboxylic acids is 1. The van der Waals surface area contributed by atoms with Gasteiger partial charge in [-0.25, -0.2) is 9.97 Å². The average molecular weight is 407 g/mol. The van der Waals surface area contributed by atoms with Gasteiger partial charge in [-0.15, -0.1) is 0 Å². The number of benzene rings is 2. The third-order valence-corrected chi connectivity index (χ3v) is 5.67. The monoisotopic (exact) mass is 406 g/mol. The number of primary amides is 1. The second kappa shape index (κ2) is 8.62. The Labute approximate surface area is 175 Å². The summed E-state index contributed by atoms with van der Waals surface area (Å²) in [7, 11) is 0. The molecule has 2 unspecified atom stereocenters. The first kappa shape index (κ1) is 19.4. The van der Waals surface area contributed by atoms with E-state index >= 15 is 0 Å². The van der Waals surface area contributed by atoms with Gasteiger partial charge in [-0.1, -0.05) is 66.6 Å². The first-order valence-corrected chi connectivity index (χ1v) is 10.2. The minimum Gasteiger partial charge on any atom is -0.369 e. The van der Waals surface area contributed by atoms with Crippen LogP contribution in [-0.4, -0.2) is 21.9 Å². The van der Waals surface area contributed by atoms with Gasteiger partial charge in [0.1, 0.15) is 0 Å². The second-order valence-electron chi connectivity index (χ2n) is 7.44. The Morgan fingerprint density at radius 3 is 2.59 bits per heavy atom. The van der Waals surface area contributed by atoms with E-state index in [9.17, 15) is 4.79 Å². The van der Waals surface area contributed by atoms with E-state index in [1.54, 1.807) is 6.20 Å². The number of hydrogen-bond acceptors (Lipinski definition) is 4. The number of carbonyl (C=O) groups is 1. The summed E-state index contributed by atoms with van der Waals surface area (Å²) in [6, 6.07) is 18.5. The second-order valence-corrected chi connectivity index (χ2v) is 7.85. The lowest BCUT2D eigenvalue weighted by Gasteiger charge is -2.28. The number of nitrogens with one attached hydrogen (secondary N) is 1. The molecule has 1 aliphatic rings. The van der Waals surface area contributed by atoms with E-state index in [0.29, 0.717) is 23.1 Å². The highest BCUT2D eigenvalue weighted by Gasteiger charge is 2.26. The van der Waals surface area contributed by atoms with Gasteiger partial charge in [0.25, 0.3) is 0 Å². The zero-order chi connectivity index (χ0) is 20.2. The molecule has 1 aliphatic carbocycles. The number of anilines is 1. The largest absolute Gasteiger partial charge is 0.369 e. The molecule has 0 bridgehead atoms. The van der Waals surface area contributed by atoms with E-state index in [1.165, 1.54) is 0 Å². The summed E-state index contributed by atoms with van der Waals surface area (Å²) in [6.45, 7) is 0. The van der Waals surface area contributed by atoms with Gasteiger partial charge in [0, 0.05) is 17.5 Å². The molecule has 1 aromatic heterocycles. The first-order chi connectivity index (χ1) is 14.1. The third kappa shape index (κ3) is 4.57. The molecule has 148 valence electrons. The topological polar surface area (TPSA) is 80.9 Å². The van der Waals surface area contributed by atoms with Gasteiger partial charge in [0.15, 0.2) is 0 Å². The van der Waals surface area contributed by atoms with Crippen LogP contribution in [0, 0.1) is 5.92 Å². The Balaban J connectivity index is 1.58. The molecule has 6 heteroatoms. The zero-order valence-corrected chi connectivity index (χ0v) is 16.8. The minimum atomic E-state index is -0.230. The summed E-state index contributed by atoms with van der Waals surface area (Å²) in [5, 5.41) is 3.86. The lowest BCUT2D eigenvalue weighted by Crippen LogP contribution is -2.34. The Hall–Kier alpha value is -2.92. The van der Waals surface area contributed by atoms with Crippen LogP contribution in [0.1, 0.15) is 25.7 Å². The Bertz CT molecular complexity index is 1010. The van der Waals surface area contributed by atoms with Gasteiger partial charge in [0.05, 0.1) is 16.9 Å². The predicted molar refractivity (Wildman–Crippen MR) is 116 cm³/mol. The summed E-state index contributed by atoms with van der Waals surface area (Å²) in [4.78, 5) is 20.5. The van der Waals surface area contributed by atoms with Crippen LogP contribution in [0.25, 0.3) is 22.4 Å². The molecule has 5 nitrogen and oxygen atoms in total. The van der Waals surface area contributed by atoms with Crippen molar-refractivity contribution in [3.05, 3.63) is 65.8 Å². The number of amides is 1. The van der Waals surface area contributed by atoms with Crippen molar-refractivity contribution >= 4 is 23.5 Å². The molecule has 0 aliphatic heterocycles. The van der Waals surface area contributed by atoms with Crippen LogP contribution in [0.3, 0.4) is 0 Å². The van der Waals surface area contributed by atoms with Crippen molar-refractivity contribution in [3.8, 4) is 22.4 Å². The number of nitrogens with zero attached hydrogens (tertiary/aromatic N) is 2. The van der Waals surface area contributed by atoms with E-state index in [1.807, 2.05) is 30.3 Å². The zero-order valence-electron chi connectivity index (χ0n) is 16.0. The number of aromatic nitrogens is 2. The van der Waals surface area contributed by atoms with Crippen LogP contribution in [0.4, 0.5) is 5.95 Å². The number of hydrogen-bond donors (Lipinski definition) is 2. The summed E-state index contributed by atoms with van der Waals surface area (Å²) < 4.78 is 0. The van der Waals surface area contributed by atoms with Gasteiger partial charge in [-0.05, 0) is 36.5 Å². The highest BCUT2D eigenvalue weighted by molar-refractivity contribution is 6.32. The normalized spacial score (nSPS) is 18.9. The molecule has 0 radical (unpaired) electrons. The molecule has 1 fully saturated rings. The van der Waals surface area contributed by atoms with Gasteiger partial charge >= 0.3 is 0 Å². The number of rotatable bonds is 5. The maximum Gasteiger partial charge on any atom is 0.223 e. The first-order valence-electron chi connectivity index (χ1n) is 9.84. The molecule has 3 N–H and O–H groups in total. The smallest absolute Gasteiger partial charge is 0.223 e. The number of halogens is 1. The fourth-order valence-electron chi connectivity index (χ4n) is 3.88. The molecule has 2 aromatic carbocycles. The van der Waals surface area contributed by atoms with E-state index in [0.717, 1.165) is 36.0 Å². The highest BCUT2D eigenvalue weighted by atomic mass is 35.5. The predicted octanol–water partition coefficient (Wildman–Crippen LogP) is 4.92. The Morgan fingerprint density at radius 2 is 1.79 bits per heavy atom. The van der Waals surface area contributed by atoms with Gasteiger partial charge in [-0.3, -0.25) is 4.79 Å². The van der Waals surface area contributed by atoms with E-state index in [4.69, 9.17) is 17.3 Å². The van der Waals surface area contributed by atoms with Crippen molar-refractivity contribution in [3.63, 3.8) is 0 Å². The summed E-state index contributed by atoms with van der Waals surface area (Å²) in [6.07, 6.45) is 5.11. The third-order valence-electron chi connectivity index (χ3n) is 5.40. The standard InChI is InChI=1S/C23H23ClN4O/c24-20-14-26-23(27-19-11-5-10-18(13-19)22(25)29)28-21(20)17-9-4-8-16(12-17)15-6-2-1-3-7-15/h1-4,6-9,12,14,18-19H,5,10-11,13H2,(H2,25,29)(H,26,27,28). The Kier molecular flexibility index (Phi) is 5.76. The van der Waals surface area contributed by atoms with Gasteiger partial charge in [0.2, 0.25) is 11.9 Å². The van der Waals surface area contributed by atoms with E-state index < -0.39 is 0 Å². The van der Waals surface area contributed by atoms with E-state index in [-0.39, 0.29) is 17.9 Å². The maximum absolute atomic E-state index is 11.5. The summed E-state index contributed by atoms with van der Waals surface area (Å²) in [5.41, 5.74) is 9.34. The van der Waals surface area contributed by atoms with Crippen LogP contribution in [0.15, 0.2) is 60.8 Å². The van der Waals surface area contributed by atoms with Crippen molar-refractivity contribution in [2.75, 3.05) is 5.32 Å². The fraction of sp³-hybridized carbons (Fsp3) is 0.261. The maximum atomic E-state index is 11.5. The van der Waals surface area contributed by atoms with Crippen molar-refractivity contribution in [1.29, 1.82) is 0 Å². The lowest BCUT2D eigenvalue weighted by molar-refractivity contribution is -0.122. The van der Waals surface area contributed by atoms with E-state index in [2.05, 4.69) is 39.6 Å². The highest BCUT2D eigenvalue weighted by Crippen LogP contribution is 2.31. The molecular formula is C23H23ClN4O. The van der Waals surface area contributed by atoms with Crippen LogP contribution >= 0.6 is 11.6 Å². The SMILES string of the molecule is NC(=O)C1CCCC(Nc2ncc(Cl)c(-c3cccc(-c4ccccc4)c3)n2)C1. The molecule has 4 rings (SSSR count). The van der Waals surface area contributed by atoms with Gasteiger partial charge in [-0.2, -0.15) is 0 Å². The summed E-state index contributed by atoms with van der Waals surface area (Å²) >= 11 is 6.42. The Morgan fingerprint density at radius 1 is 1.03 bits per heavy atom. The quantitative estimate of drug-likeness (QED) is 0.630. The van der Waals surface area contributed by atoms with Gasteiger partial charge < -0.3 is 11.1 Å². The van der Waals surface area contributed by atoms with Crippen molar-refractivity contribution in [1.82, 2.24) is 9.97 Å². The molecule has 0 saturated heterocycles. The molecule has 3 aromatic rings. The molecular weight excluding hydrogens is 384 g/mol. The fourth-order valence-corrected chi connectivity index (χ4v) is 4.08. The molecule has 29 heavy (non-hydrogen) atoms. The minimum absolute atomic E-state index is 0.0874. The number of nitrogens with two attached hydrogens (primary N) is 1. The molecule has 0 spiro atoms. The van der Waals surface area contributed by atoms with Crippen molar-refractivity contribution in [2.24, 2.45) is 11.7 Å². The lowest BCUT2D eigenvalue weighted by atomic mass is 9.85. The molecule has 1 saturated carbocycles. The molecule has 1 heterocycles. The molecule has 2 atom stereocenters. The van der Waals surface area contributed by atoms with Crippen molar-refractivity contribution in [2.45, 2.75) is 31.7 Å². The van der Waals surface area contributed by atoms with Crippen LogP contribution in [-0.2, 0) is 4.79 Å². The van der Waals surface area contributed by atoms with Crippen LogP contribution < -0.4 is 11.1 Å².